The van der Waals surface area contributed by atoms with Gasteiger partial charge in [0.2, 0.25) is 5.91 Å². The Morgan fingerprint density at radius 1 is 1.39 bits per heavy atom. The van der Waals surface area contributed by atoms with E-state index in [1.165, 1.54) is 5.56 Å². The molecule has 1 heterocycles. The Morgan fingerprint density at radius 3 is 2.78 bits per heavy atom. The van der Waals surface area contributed by atoms with Crippen molar-refractivity contribution in [3.63, 3.8) is 0 Å². The maximum atomic E-state index is 12.0. The zero-order valence-electron chi connectivity index (χ0n) is 11.4. The standard InChI is InChI=1S/C15H22N2O/c1-15(2,3)11-6-4-7-12(10-11)17-14(18)13-8-5-9-16-13/h4,6-7,10,13,16H,5,8-9H2,1-3H3,(H,17,18). The Labute approximate surface area is 109 Å². The van der Waals surface area contributed by atoms with Crippen molar-refractivity contribution in [1.29, 1.82) is 0 Å². The molecule has 2 N–H and O–H groups in total. The first-order chi connectivity index (χ1) is 8.47. The van der Waals surface area contributed by atoms with Crippen LogP contribution in [0.5, 0.6) is 0 Å². The summed E-state index contributed by atoms with van der Waals surface area (Å²) in [5, 5.41) is 6.20. The fraction of sp³-hybridized carbons (Fsp3) is 0.533. The number of hydrogen-bond donors (Lipinski definition) is 2. The summed E-state index contributed by atoms with van der Waals surface area (Å²) in [4.78, 5) is 12.0. The summed E-state index contributed by atoms with van der Waals surface area (Å²) in [6, 6.07) is 8.08. The number of benzene rings is 1. The van der Waals surface area contributed by atoms with Crippen molar-refractivity contribution in [2.75, 3.05) is 11.9 Å². The van der Waals surface area contributed by atoms with Gasteiger partial charge in [-0.05, 0) is 42.5 Å². The molecule has 1 atom stereocenters. The first kappa shape index (κ1) is 13.1. The summed E-state index contributed by atoms with van der Waals surface area (Å²) in [5.41, 5.74) is 2.23. The van der Waals surface area contributed by atoms with Crippen LogP contribution in [0.2, 0.25) is 0 Å². The second-order valence-electron chi connectivity index (χ2n) is 5.97. The number of anilines is 1. The molecule has 98 valence electrons. The minimum absolute atomic E-state index is 0.0247. The average molecular weight is 246 g/mol. The summed E-state index contributed by atoms with van der Waals surface area (Å²) in [7, 11) is 0. The van der Waals surface area contributed by atoms with E-state index in [1.54, 1.807) is 0 Å². The lowest BCUT2D eigenvalue weighted by molar-refractivity contribution is -0.117. The van der Waals surface area contributed by atoms with Gasteiger partial charge in [0.1, 0.15) is 0 Å². The first-order valence-corrected chi connectivity index (χ1v) is 6.61. The molecule has 1 saturated heterocycles. The lowest BCUT2D eigenvalue weighted by Crippen LogP contribution is -2.35. The number of hydrogen-bond acceptors (Lipinski definition) is 2. The van der Waals surface area contributed by atoms with Crippen LogP contribution in [-0.2, 0) is 10.2 Å². The zero-order chi connectivity index (χ0) is 13.2. The molecule has 1 fully saturated rings. The largest absolute Gasteiger partial charge is 0.325 e. The molecule has 0 radical (unpaired) electrons. The van der Waals surface area contributed by atoms with Crippen LogP contribution in [0.4, 0.5) is 5.69 Å². The molecule has 3 heteroatoms. The molecule has 18 heavy (non-hydrogen) atoms. The van der Waals surface area contributed by atoms with Gasteiger partial charge in [-0.3, -0.25) is 4.79 Å². The average Bonchev–Trinajstić information content (AvgIpc) is 2.81. The molecular formula is C15H22N2O. The molecule has 0 saturated carbocycles. The Hall–Kier alpha value is -1.35. The highest BCUT2D eigenvalue weighted by Crippen LogP contribution is 2.24. The van der Waals surface area contributed by atoms with Crippen LogP contribution < -0.4 is 10.6 Å². The highest BCUT2D eigenvalue weighted by Gasteiger charge is 2.22. The van der Waals surface area contributed by atoms with E-state index in [9.17, 15) is 4.79 Å². The van der Waals surface area contributed by atoms with Crippen molar-refractivity contribution in [3.05, 3.63) is 29.8 Å². The number of carbonyl (C=O) groups excluding carboxylic acids is 1. The predicted molar refractivity (Wildman–Crippen MR) is 74.8 cm³/mol. The van der Waals surface area contributed by atoms with E-state index in [4.69, 9.17) is 0 Å². The summed E-state index contributed by atoms with van der Waals surface area (Å²) in [5.74, 6) is 0.0820. The first-order valence-electron chi connectivity index (χ1n) is 6.61. The fourth-order valence-electron chi connectivity index (χ4n) is 2.20. The third kappa shape index (κ3) is 3.10. The fourth-order valence-corrected chi connectivity index (χ4v) is 2.20. The Balaban J connectivity index is 2.07. The lowest BCUT2D eigenvalue weighted by atomic mass is 9.87. The number of carbonyl (C=O) groups is 1. The minimum atomic E-state index is -0.0247. The van der Waals surface area contributed by atoms with Gasteiger partial charge >= 0.3 is 0 Å². The van der Waals surface area contributed by atoms with Gasteiger partial charge in [0.25, 0.3) is 0 Å². The van der Waals surface area contributed by atoms with Crippen LogP contribution in [0, 0.1) is 0 Å². The van der Waals surface area contributed by atoms with E-state index in [2.05, 4.69) is 43.5 Å². The maximum absolute atomic E-state index is 12.0. The molecule has 1 aromatic carbocycles. The summed E-state index contributed by atoms with van der Waals surface area (Å²) < 4.78 is 0. The highest BCUT2D eigenvalue weighted by atomic mass is 16.2. The van der Waals surface area contributed by atoms with Crippen LogP contribution in [-0.4, -0.2) is 18.5 Å². The summed E-state index contributed by atoms with van der Waals surface area (Å²) in [6.45, 7) is 7.46. The number of amides is 1. The second kappa shape index (κ2) is 5.11. The van der Waals surface area contributed by atoms with Gasteiger partial charge in [-0.2, -0.15) is 0 Å². The zero-order valence-corrected chi connectivity index (χ0v) is 11.4. The van der Waals surface area contributed by atoms with Gasteiger partial charge in [0.05, 0.1) is 6.04 Å². The molecule has 1 aromatic rings. The molecule has 2 rings (SSSR count). The van der Waals surface area contributed by atoms with Crippen LogP contribution >= 0.6 is 0 Å². The van der Waals surface area contributed by atoms with Crippen molar-refractivity contribution in [2.45, 2.75) is 45.1 Å². The van der Waals surface area contributed by atoms with Gasteiger partial charge in [-0.25, -0.2) is 0 Å². The molecule has 0 aromatic heterocycles. The molecule has 1 aliphatic heterocycles. The SMILES string of the molecule is CC(C)(C)c1cccc(NC(=O)C2CCCN2)c1. The highest BCUT2D eigenvalue weighted by molar-refractivity contribution is 5.95. The van der Waals surface area contributed by atoms with Gasteiger partial charge < -0.3 is 10.6 Å². The van der Waals surface area contributed by atoms with Gasteiger partial charge in [-0.15, -0.1) is 0 Å². The molecule has 3 nitrogen and oxygen atoms in total. The van der Waals surface area contributed by atoms with E-state index in [0.717, 1.165) is 25.1 Å². The van der Waals surface area contributed by atoms with E-state index in [1.807, 2.05) is 12.1 Å². The Morgan fingerprint density at radius 2 is 2.17 bits per heavy atom. The van der Waals surface area contributed by atoms with E-state index < -0.39 is 0 Å². The number of nitrogens with one attached hydrogen (secondary N) is 2. The van der Waals surface area contributed by atoms with Crippen LogP contribution in [0.1, 0.15) is 39.2 Å². The van der Waals surface area contributed by atoms with Crippen molar-refractivity contribution in [2.24, 2.45) is 0 Å². The van der Waals surface area contributed by atoms with Crippen molar-refractivity contribution in [3.8, 4) is 0 Å². The van der Waals surface area contributed by atoms with E-state index >= 15 is 0 Å². The van der Waals surface area contributed by atoms with Gasteiger partial charge in [0.15, 0.2) is 0 Å². The topological polar surface area (TPSA) is 41.1 Å². The molecule has 1 unspecified atom stereocenters. The molecule has 1 aliphatic rings. The lowest BCUT2D eigenvalue weighted by Gasteiger charge is -2.20. The van der Waals surface area contributed by atoms with Crippen LogP contribution in [0.3, 0.4) is 0 Å². The van der Waals surface area contributed by atoms with Crippen molar-refractivity contribution < 1.29 is 4.79 Å². The molecule has 1 amide bonds. The maximum Gasteiger partial charge on any atom is 0.241 e. The third-order valence-corrected chi connectivity index (χ3v) is 3.37. The van der Waals surface area contributed by atoms with Crippen molar-refractivity contribution in [1.82, 2.24) is 5.32 Å². The van der Waals surface area contributed by atoms with Crippen molar-refractivity contribution >= 4 is 11.6 Å². The Bertz CT molecular complexity index is 428. The van der Waals surface area contributed by atoms with Gasteiger partial charge in [0, 0.05) is 5.69 Å². The quantitative estimate of drug-likeness (QED) is 0.842. The van der Waals surface area contributed by atoms with Crippen LogP contribution in [0.25, 0.3) is 0 Å². The summed E-state index contributed by atoms with van der Waals surface area (Å²) >= 11 is 0. The smallest absolute Gasteiger partial charge is 0.241 e. The van der Waals surface area contributed by atoms with E-state index in [0.29, 0.717) is 0 Å². The molecule has 0 bridgehead atoms. The second-order valence-corrected chi connectivity index (χ2v) is 5.97. The van der Waals surface area contributed by atoms with Crippen LogP contribution in [0.15, 0.2) is 24.3 Å². The third-order valence-electron chi connectivity index (χ3n) is 3.37. The Kier molecular flexibility index (Phi) is 3.71. The monoisotopic (exact) mass is 246 g/mol. The normalized spacial score (nSPS) is 19.8. The van der Waals surface area contributed by atoms with Gasteiger partial charge in [-0.1, -0.05) is 32.9 Å². The molecule has 0 spiro atoms. The number of rotatable bonds is 2. The predicted octanol–water partition coefficient (Wildman–Crippen LogP) is 2.67. The molecular weight excluding hydrogens is 224 g/mol. The molecule has 0 aliphatic carbocycles. The summed E-state index contributed by atoms with van der Waals surface area (Å²) in [6.07, 6.45) is 2.02. The van der Waals surface area contributed by atoms with E-state index in [-0.39, 0.29) is 17.4 Å². The minimum Gasteiger partial charge on any atom is -0.325 e.